The number of carbonyl (C=O) groups is 2. The molecule has 0 amide bonds. The minimum Gasteiger partial charge on any atom is -0.462 e. The monoisotopic (exact) mass is 472 g/mol. The van der Waals surface area contributed by atoms with Gasteiger partial charge in [-0.3, -0.25) is 4.79 Å². The van der Waals surface area contributed by atoms with Crippen LogP contribution in [0.5, 0.6) is 0 Å². The third-order valence-corrected chi connectivity index (χ3v) is 5.63. The van der Waals surface area contributed by atoms with Gasteiger partial charge in [-0.05, 0) is 55.0 Å². The summed E-state index contributed by atoms with van der Waals surface area (Å²) in [5.41, 5.74) is 8.90. The second-order valence-corrected chi connectivity index (χ2v) is 7.66. The number of hydrogen-bond donors (Lipinski definition) is 2. The fourth-order valence-corrected chi connectivity index (χ4v) is 3.74. The minimum atomic E-state index is -0.940. The standard InChI is InChI=1S/C24H22Cl2N2O4/c1-2-32-24(31)16-8-5-15(6-9-16)7-12-21(30)23(27)20-4-3-13-28(20)19-11-10-18(25)17(14-29)22(19)26/h3-13,23,29H,2,14,27H2,1H3/b12-7+. The maximum Gasteiger partial charge on any atom is 0.338 e. The van der Waals surface area contributed by atoms with Crippen molar-refractivity contribution in [1.82, 2.24) is 4.57 Å². The van der Waals surface area contributed by atoms with Crippen molar-refractivity contribution in [3.8, 4) is 5.69 Å². The molecule has 0 fully saturated rings. The predicted molar refractivity (Wildman–Crippen MR) is 125 cm³/mol. The highest BCUT2D eigenvalue weighted by atomic mass is 35.5. The number of aromatic nitrogens is 1. The van der Waals surface area contributed by atoms with E-state index >= 15 is 0 Å². The Bertz CT molecular complexity index is 1150. The van der Waals surface area contributed by atoms with E-state index in [0.717, 1.165) is 5.56 Å². The average Bonchev–Trinajstić information content (AvgIpc) is 3.27. The maximum atomic E-state index is 12.7. The Hall–Kier alpha value is -2.90. The van der Waals surface area contributed by atoms with E-state index in [4.69, 9.17) is 33.7 Å². The lowest BCUT2D eigenvalue weighted by Crippen LogP contribution is -2.22. The molecule has 1 heterocycles. The van der Waals surface area contributed by atoms with E-state index in [1.165, 1.54) is 6.08 Å². The molecule has 1 unspecified atom stereocenters. The number of esters is 1. The molecule has 6 nitrogen and oxygen atoms in total. The molecule has 0 spiro atoms. The van der Waals surface area contributed by atoms with Crippen LogP contribution in [0.25, 0.3) is 11.8 Å². The molecule has 0 saturated heterocycles. The van der Waals surface area contributed by atoms with Crippen molar-refractivity contribution in [2.75, 3.05) is 6.61 Å². The molecule has 1 atom stereocenters. The van der Waals surface area contributed by atoms with Crippen LogP contribution >= 0.6 is 23.2 Å². The number of benzene rings is 2. The van der Waals surface area contributed by atoms with Gasteiger partial charge in [-0.25, -0.2) is 4.79 Å². The Labute approximate surface area is 195 Å². The highest BCUT2D eigenvalue weighted by molar-refractivity contribution is 6.37. The van der Waals surface area contributed by atoms with Crippen LogP contribution in [0.4, 0.5) is 0 Å². The van der Waals surface area contributed by atoms with Gasteiger partial charge in [0.1, 0.15) is 6.04 Å². The Morgan fingerprint density at radius 3 is 2.53 bits per heavy atom. The molecule has 166 valence electrons. The van der Waals surface area contributed by atoms with Crippen LogP contribution in [-0.4, -0.2) is 28.0 Å². The fraction of sp³-hybridized carbons (Fsp3) is 0.167. The zero-order valence-electron chi connectivity index (χ0n) is 17.3. The molecular weight excluding hydrogens is 451 g/mol. The van der Waals surface area contributed by atoms with Gasteiger partial charge in [0, 0.05) is 22.5 Å². The lowest BCUT2D eigenvalue weighted by atomic mass is 10.1. The number of aliphatic hydroxyl groups excluding tert-OH is 1. The summed E-state index contributed by atoms with van der Waals surface area (Å²) < 4.78 is 6.65. The van der Waals surface area contributed by atoms with E-state index in [0.29, 0.717) is 34.1 Å². The van der Waals surface area contributed by atoms with E-state index in [1.807, 2.05) is 0 Å². The summed E-state index contributed by atoms with van der Waals surface area (Å²) in [6.07, 6.45) is 4.75. The summed E-state index contributed by atoms with van der Waals surface area (Å²) in [5.74, 6) is -0.709. The Kier molecular flexibility index (Phi) is 7.88. The van der Waals surface area contributed by atoms with Gasteiger partial charge in [0.2, 0.25) is 0 Å². The summed E-state index contributed by atoms with van der Waals surface area (Å²) in [6, 6.07) is 12.6. The molecule has 0 radical (unpaired) electrons. The molecule has 32 heavy (non-hydrogen) atoms. The van der Waals surface area contributed by atoms with E-state index in [2.05, 4.69) is 0 Å². The van der Waals surface area contributed by atoms with Crippen molar-refractivity contribution in [2.24, 2.45) is 5.73 Å². The van der Waals surface area contributed by atoms with Gasteiger partial charge in [0.05, 0.1) is 29.5 Å². The number of nitrogens with two attached hydrogens (primary N) is 1. The first-order chi connectivity index (χ1) is 15.4. The molecule has 0 aliphatic heterocycles. The summed E-state index contributed by atoms with van der Waals surface area (Å²) in [6.45, 7) is 1.73. The molecule has 0 saturated carbocycles. The van der Waals surface area contributed by atoms with Gasteiger partial charge >= 0.3 is 5.97 Å². The molecule has 3 aromatic rings. The predicted octanol–water partition coefficient (Wildman–Crippen LogP) is 4.74. The van der Waals surface area contributed by atoms with E-state index < -0.39 is 12.0 Å². The largest absolute Gasteiger partial charge is 0.462 e. The van der Waals surface area contributed by atoms with Crippen LogP contribution in [-0.2, 0) is 16.1 Å². The van der Waals surface area contributed by atoms with E-state index in [1.54, 1.807) is 72.3 Å². The molecule has 0 bridgehead atoms. The lowest BCUT2D eigenvalue weighted by Gasteiger charge is -2.16. The van der Waals surface area contributed by atoms with Crippen LogP contribution in [0, 0.1) is 0 Å². The number of ether oxygens (including phenoxy) is 1. The quantitative estimate of drug-likeness (QED) is 0.364. The molecule has 0 aliphatic carbocycles. The molecule has 2 aromatic carbocycles. The fourth-order valence-electron chi connectivity index (χ4n) is 3.16. The summed E-state index contributed by atoms with van der Waals surface area (Å²) in [5, 5.41) is 10.2. The van der Waals surface area contributed by atoms with Gasteiger partial charge in [0.15, 0.2) is 5.78 Å². The topological polar surface area (TPSA) is 94.5 Å². The summed E-state index contributed by atoms with van der Waals surface area (Å²) in [7, 11) is 0. The van der Waals surface area contributed by atoms with Gasteiger partial charge in [-0.2, -0.15) is 0 Å². The second-order valence-electron chi connectivity index (χ2n) is 6.88. The molecular formula is C24H22Cl2N2O4. The third-order valence-electron chi connectivity index (χ3n) is 4.85. The van der Waals surface area contributed by atoms with Crippen molar-refractivity contribution < 1.29 is 19.4 Å². The van der Waals surface area contributed by atoms with Crippen LogP contribution in [0.3, 0.4) is 0 Å². The smallest absolute Gasteiger partial charge is 0.338 e. The van der Waals surface area contributed by atoms with E-state index in [9.17, 15) is 14.7 Å². The van der Waals surface area contributed by atoms with Crippen molar-refractivity contribution in [3.63, 3.8) is 0 Å². The highest BCUT2D eigenvalue weighted by Crippen LogP contribution is 2.32. The first-order valence-electron chi connectivity index (χ1n) is 9.87. The second kappa shape index (κ2) is 10.6. The maximum absolute atomic E-state index is 12.7. The number of halogens is 2. The highest BCUT2D eigenvalue weighted by Gasteiger charge is 2.20. The van der Waals surface area contributed by atoms with Crippen molar-refractivity contribution in [2.45, 2.75) is 19.6 Å². The van der Waals surface area contributed by atoms with Gasteiger partial charge < -0.3 is 20.1 Å². The van der Waals surface area contributed by atoms with E-state index in [-0.39, 0.29) is 17.4 Å². The number of ketones is 1. The summed E-state index contributed by atoms with van der Waals surface area (Å²) >= 11 is 12.5. The van der Waals surface area contributed by atoms with Gasteiger partial charge in [-0.15, -0.1) is 0 Å². The number of nitrogens with zero attached hydrogens (tertiary/aromatic N) is 1. The first kappa shape index (κ1) is 23.8. The van der Waals surface area contributed by atoms with Crippen molar-refractivity contribution in [1.29, 1.82) is 0 Å². The number of aliphatic hydroxyl groups is 1. The molecule has 3 N–H and O–H groups in total. The van der Waals surface area contributed by atoms with Crippen molar-refractivity contribution >= 4 is 41.0 Å². The third kappa shape index (κ3) is 5.11. The van der Waals surface area contributed by atoms with Gasteiger partial charge in [-0.1, -0.05) is 41.4 Å². The first-order valence-corrected chi connectivity index (χ1v) is 10.6. The Morgan fingerprint density at radius 2 is 1.88 bits per heavy atom. The zero-order valence-corrected chi connectivity index (χ0v) is 18.8. The SMILES string of the molecule is CCOC(=O)c1ccc(/C=C/C(=O)C(N)c2cccn2-c2ccc(Cl)c(CO)c2Cl)cc1. The normalized spacial score (nSPS) is 12.2. The van der Waals surface area contributed by atoms with Crippen LogP contribution < -0.4 is 5.73 Å². The van der Waals surface area contributed by atoms with Crippen LogP contribution in [0.1, 0.15) is 40.1 Å². The minimum absolute atomic E-state index is 0.286. The van der Waals surface area contributed by atoms with Crippen LogP contribution in [0.15, 0.2) is 60.8 Å². The zero-order chi connectivity index (χ0) is 23.3. The molecule has 0 aliphatic rings. The summed E-state index contributed by atoms with van der Waals surface area (Å²) in [4.78, 5) is 24.5. The van der Waals surface area contributed by atoms with Crippen molar-refractivity contribution in [3.05, 3.63) is 93.2 Å². The average molecular weight is 473 g/mol. The molecule has 3 rings (SSSR count). The number of hydrogen-bond acceptors (Lipinski definition) is 5. The molecule has 1 aromatic heterocycles. The Balaban J connectivity index is 1.80. The van der Waals surface area contributed by atoms with Crippen LogP contribution in [0.2, 0.25) is 10.0 Å². The Morgan fingerprint density at radius 1 is 1.16 bits per heavy atom. The lowest BCUT2D eigenvalue weighted by molar-refractivity contribution is -0.115. The molecule has 8 heteroatoms. The number of carbonyl (C=O) groups excluding carboxylic acids is 2. The number of rotatable bonds is 8. The van der Waals surface area contributed by atoms with Gasteiger partial charge in [0.25, 0.3) is 0 Å².